The lowest BCUT2D eigenvalue weighted by Crippen LogP contribution is -2.29. The maximum absolute atomic E-state index is 4.04. The lowest BCUT2D eigenvalue weighted by Gasteiger charge is -2.23. The van der Waals surface area contributed by atoms with Gasteiger partial charge in [-0.05, 0) is 31.5 Å². The van der Waals surface area contributed by atoms with E-state index in [1.165, 1.54) is 23.9 Å². The third-order valence-electron chi connectivity index (χ3n) is 2.91. The topological polar surface area (TPSA) is 53.9 Å². The first-order valence-electron chi connectivity index (χ1n) is 6.47. The van der Waals surface area contributed by atoms with E-state index in [0.717, 1.165) is 19.6 Å². The van der Waals surface area contributed by atoms with Gasteiger partial charge in [0.25, 0.3) is 0 Å². The Balaban J connectivity index is 1.89. The van der Waals surface area contributed by atoms with Crippen molar-refractivity contribution in [3.63, 3.8) is 0 Å². The van der Waals surface area contributed by atoms with Gasteiger partial charge >= 0.3 is 0 Å². The summed E-state index contributed by atoms with van der Waals surface area (Å²) in [6.45, 7) is 6.95. The molecule has 0 fully saturated rings. The molecule has 5 nitrogen and oxygen atoms in total. The molecule has 0 amide bonds. The molecule has 0 saturated carbocycles. The minimum absolute atomic E-state index is 0.621. The fourth-order valence-electron chi connectivity index (χ4n) is 1.93. The van der Waals surface area contributed by atoms with E-state index in [1.807, 2.05) is 0 Å². The number of anilines is 2. The quantitative estimate of drug-likeness (QED) is 0.859. The average Bonchev–Trinajstić information content (AvgIpc) is 2.45. The molecule has 1 aromatic heterocycles. The second-order valence-corrected chi connectivity index (χ2v) is 4.31. The molecule has 0 aliphatic rings. The van der Waals surface area contributed by atoms with Crippen LogP contribution in [0.25, 0.3) is 0 Å². The molecule has 0 aliphatic heterocycles. The van der Waals surface area contributed by atoms with Crippen molar-refractivity contribution in [3.8, 4) is 0 Å². The summed E-state index contributed by atoms with van der Waals surface area (Å²) in [5.74, 6) is 0.621. The van der Waals surface area contributed by atoms with E-state index in [4.69, 9.17) is 0 Å². The zero-order valence-corrected chi connectivity index (χ0v) is 11.4. The van der Waals surface area contributed by atoms with E-state index in [1.54, 1.807) is 0 Å². The van der Waals surface area contributed by atoms with Crippen LogP contribution in [-0.4, -0.2) is 34.6 Å². The summed E-state index contributed by atoms with van der Waals surface area (Å²) in [6.07, 6.45) is 2.99. The highest BCUT2D eigenvalue weighted by Crippen LogP contribution is 2.15. The van der Waals surface area contributed by atoms with E-state index >= 15 is 0 Å². The van der Waals surface area contributed by atoms with E-state index in [-0.39, 0.29) is 0 Å². The second-order valence-electron chi connectivity index (χ2n) is 4.31. The van der Waals surface area contributed by atoms with Crippen molar-refractivity contribution in [1.82, 2.24) is 15.0 Å². The summed E-state index contributed by atoms with van der Waals surface area (Å²) >= 11 is 0. The first kappa shape index (κ1) is 13.3. The SMILES string of the molecule is CCN(CCNc1ncncn1)c1cccc(C)c1. The van der Waals surface area contributed by atoms with Crippen LogP contribution in [0.5, 0.6) is 0 Å². The van der Waals surface area contributed by atoms with Gasteiger partial charge in [0, 0.05) is 25.3 Å². The molecule has 1 heterocycles. The predicted octanol–water partition coefficient (Wildman–Crippen LogP) is 2.12. The van der Waals surface area contributed by atoms with E-state index in [2.05, 4.69) is 63.3 Å². The Morgan fingerprint density at radius 3 is 2.68 bits per heavy atom. The number of benzene rings is 1. The first-order valence-corrected chi connectivity index (χ1v) is 6.47. The molecule has 0 bridgehead atoms. The van der Waals surface area contributed by atoms with Gasteiger partial charge in [-0.1, -0.05) is 12.1 Å². The molecule has 2 rings (SSSR count). The van der Waals surface area contributed by atoms with Crippen LogP contribution in [-0.2, 0) is 0 Å². The summed E-state index contributed by atoms with van der Waals surface area (Å²) < 4.78 is 0. The lowest BCUT2D eigenvalue weighted by atomic mass is 10.2. The average molecular weight is 257 g/mol. The fourth-order valence-corrected chi connectivity index (χ4v) is 1.93. The predicted molar refractivity (Wildman–Crippen MR) is 77.4 cm³/mol. The van der Waals surface area contributed by atoms with Gasteiger partial charge in [-0.25, -0.2) is 15.0 Å². The number of rotatable bonds is 6. The monoisotopic (exact) mass is 257 g/mol. The van der Waals surface area contributed by atoms with Gasteiger partial charge in [-0.15, -0.1) is 0 Å². The Morgan fingerprint density at radius 2 is 2.00 bits per heavy atom. The number of aryl methyl sites for hydroxylation is 1. The molecule has 0 saturated heterocycles. The molecule has 1 aromatic carbocycles. The van der Waals surface area contributed by atoms with Gasteiger partial charge < -0.3 is 10.2 Å². The summed E-state index contributed by atoms with van der Waals surface area (Å²) in [7, 11) is 0. The van der Waals surface area contributed by atoms with Crippen LogP contribution in [0.15, 0.2) is 36.9 Å². The van der Waals surface area contributed by atoms with Crippen LogP contribution >= 0.6 is 0 Å². The third kappa shape index (κ3) is 3.91. The number of hydrogen-bond donors (Lipinski definition) is 1. The molecule has 0 unspecified atom stereocenters. The summed E-state index contributed by atoms with van der Waals surface area (Å²) in [5, 5.41) is 3.19. The van der Waals surface area contributed by atoms with Gasteiger partial charge in [-0.2, -0.15) is 0 Å². The van der Waals surface area contributed by atoms with Crippen molar-refractivity contribution < 1.29 is 0 Å². The minimum Gasteiger partial charge on any atom is -0.370 e. The molecule has 0 radical (unpaired) electrons. The molecular weight excluding hydrogens is 238 g/mol. The highest BCUT2D eigenvalue weighted by atomic mass is 15.2. The maximum Gasteiger partial charge on any atom is 0.225 e. The number of hydrogen-bond acceptors (Lipinski definition) is 5. The van der Waals surface area contributed by atoms with Crippen molar-refractivity contribution in [2.24, 2.45) is 0 Å². The van der Waals surface area contributed by atoms with Crippen molar-refractivity contribution in [1.29, 1.82) is 0 Å². The Hall–Kier alpha value is -2.17. The summed E-state index contributed by atoms with van der Waals surface area (Å²) in [5.41, 5.74) is 2.53. The Bertz CT molecular complexity index is 500. The van der Waals surface area contributed by atoms with Crippen molar-refractivity contribution >= 4 is 11.6 Å². The molecular formula is C14H19N5. The molecule has 0 spiro atoms. The van der Waals surface area contributed by atoms with Crippen molar-refractivity contribution in [3.05, 3.63) is 42.5 Å². The van der Waals surface area contributed by atoms with Crippen molar-refractivity contribution in [2.45, 2.75) is 13.8 Å². The molecule has 100 valence electrons. The number of likely N-dealkylation sites (N-methyl/N-ethyl adjacent to an activating group) is 1. The van der Waals surface area contributed by atoms with E-state index in [9.17, 15) is 0 Å². The highest BCUT2D eigenvalue weighted by Gasteiger charge is 2.04. The first-order chi connectivity index (χ1) is 9.29. The fraction of sp³-hybridized carbons (Fsp3) is 0.357. The van der Waals surface area contributed by atoms with Crippen LogP contribution < -0.4 is 10.2 Å². The van der Waals surface area contributed by atoms with E-state index < -0.39 is 0 Å². The zero-order valence-electron chi connectivity index (χ0n) is 11.4. The van der Waals surface area contributed by atoms with Crippen LogP contribution in [0.3, 0.4) is 0 Å². The summed E-state index contributed by atoms with van der Waals surface area (Å²) in [6, 6.07) is 8.54. The standard InChI is InChI=1S/C14H19N5/c1-3-19(13-6-4-5-12(2)9-13)8-7-16-14-17-10-15-11-18-14/h4-6,9-11H,3,7-8H2,1-2H3,(H,15,16,17,18). The van der Waals surface area contributed by atoms with Crippen LogP contribution in [0, 0.1) is 6.92 Å². The van der Waals surface area contributed by atoms with Gasteiger partial charge in [0.05, 0.1) is 0 Å². The normalized spacial score (nSPS) is 10.2. The number of nitrogens with one attached hydrogen (secondary N) is 1. The van der Waals surface area contributed by atoms with Gasteiger partial charge in [-0.3, -0.25) is 0 Å². The van der Waals surface area contributed by atoms with Gasteiger partial charge in [0.15, 0.2) is 0 Å². The van der Waals surface area contributed by atoms with Crippen LogP contribution in [0.1, 0.15) is 12.5 Å². The zero-order chi connectivity index (χ0) is 13.5. The number of aromatic nitrogens is 3. The molecule has 2 aromatic rings. The molecule has 0 aliphatic carbocycles. The Kier molecular flexibility index (Phi) is 4.66. The van der Waals surface area contributed by atoms with Crippen LogP contribution in [0.4, 0.5) is 11.6 Å². The molecule has 1 N–H and O–H groups in total. The Morgan fingerprint density at radius 1 is 1.21 bits per heavy atom. The lowest BCUT2D eigenvalue weighted by molar-refractivity contribution is 0.827. The van der Waals surface area contributed by atoms with E-state index in [0.29, 0.717) is 5.95 Å². The van der Waals surface area contributed by atoms with Crippen molar-refractivity contribution in [2.75, 3.05) is 29.9 Å². The smallest absolute Gasteiger partial charge is 0.225 e. The molecule has 5 heteroatoms. The Labute approximate surface area is 113 Å². The largest absolute Gasteiger partial charge is 0.370 e. The second kappa shape index (κ2) is 6.68. The van der Waals surface area contributed by atoms with Gasteiger partial charge in [0.2, 0.25) is 5.95 Å². The van der Waals surface area contributed by atoms with Crippen LogP contribution in [0.2, 0.25) is 0 Å². The third-order valence-corrected chi connectivity index (χ3v) is 2.91. The minimum atomic E-state index is 0.621. The van der Waals surface area contributed by atoms with Gasteiger partial charge in [0.1, 0.15) is 12.7 Å². The summed E-state index contributed by atoms with van der Waals surface area (Å²) in [4.78, 5) is 14.2. The number of nitrogens with zero attached hydrogens (tertiary/aromatic N) is 4. The molecule has 0 atom stereocenters. The molecule has 19 heavy (non-hydrogen) atoms. The highest BCUT2D eigenvalue weighted by molar-refractivity contribution is 5.48. The maximum atomic E-state index is 4.04.